The van der Waals surface area contributed by atoms with E-state index in [1.807, 2.05) is 55.4 Å². The summed E-state index contributed by atoms with van der Waals surface area (Å²) in [5.41, 5.74) is 2.85. The molecule has 1 aromatic heterocycles. The molecule has 1 aliphatic heterocycles. The normalized spacial score (nSPS) is 14.5. The van der Waals surface area contributed by atoms with Crippen LogP contribution in [-0.4, -0.2) is 93.9 Å². The fourth-order valence-corrected chi connectivity index (χ4v) is 5.93. The highest BCUT2D eigenvalue weighted by molar-refractivity contribution is 7.93. The summed E-state index contributed by atoms with van der Waals surface area (Å²) in [5.74, 6) is 1.03. The minimum absolute atomic E-state index is 0.00162. The lowest BCUT2D eigenvalue weighted by Gasteiger charge is -2.32. The van der Waals surface area contributed by atoms with Crippen molar-refractivity contribution >= 4 is 44.3 Å². The molecule has 210 valence electrons. The molecule has 39 heavy (non-hydrogen) atoms. The van der Waals surface area contributed by atoms with E-state index in [-0.39, 0.29) is 17.5 Å². The van der Waals surface area contributed by atoms with Gasteiger partial charge < -0.3 is 24.6 Å². The number of fused-ring (bicyclic) bond motifs is 1. The molecule has 1 amide bonds. The predicted octanol–water partition coefficient (Wildman–Crippen LogP) is 2.87. The van der Waals surface area contributed by atoms with Crippen molar-refractivity contribution in [3.8, 4) is 5.75 Å². The predicted molar refractivity (Wildman–Crippen MR) is 152 cm³/mol. The molecule has 3 aromatic rings. The molecule has 2 heterocycles. The lowest BCUT2D eigenvalue weighted by atomic mass is 10.1. The quantitative estimate of drug-likeness (QED) is 0.367. The summed E-state index contributed by atoms with van der Waals surface area (Å²) in [6.45, 7) is 1.59. The minimum atomic E-state index is -3.81. The van der Waals surface area contributed by atoms with E-state index in [0.29, 0.717) is 68.0 Å². The Hall–Kier alpha value is -3.48. The number of likely N-dealkylation sites (N-methyl/N-ethyl adjacent to an activating group) is 1. The number of amides is 1. The zero-order valence-corrected chi connectivity index (χ0v) is 23.6. The van der Waals surface area contributed by atoms with Gasteiger partial charge in [0.2, 0.25) is 15.9 Å². The molecular weight excluding hydrogens is 520 g/mol. The van der Waals surface area contributed by atoms with Crippen LogP contribution in [0.2, 0.25) is 0 Å². The fraction of sp³-hybridized carbons (Fsp3) is 0.444. The van der Waals surface area contributed by atoms with Gasteiger partial charge in [-0.25, -0.2) is 18.4 Å². The number of hydrogen-bond acceptors (Lipinski definition) is 9. The Morgan fingerprint density at radius 2 is 1.72 bits per heavy atom. The summed E-state index contributed by atoms with van der Waals surface area (Å²) < 4.78 is 40.4. The monoisotopic (exact) mass is 556 g/mol. The SMILES string of the molecule is COCCc1ccc(OC)cc1Nc1nc2ccccc2nc1NS(=O)(=O)C1CCN(C(=O)CN(C)C)CC1. The first kappa shape index (κ1) is 28.5. The van der Waals surface area contributed by atoms with E-state index >= 15 is 0 Å². The van der Waals surface area contributed by atoms with Crippen LogP contribution in [0.15, 0.2) is 42.5 Å². The largest absolute Gasteiger partial charge is 0.497 e. The average molecular weight is 557 g/mol. The van der Waals surface area contributed by atoms with Crippen molar-refractivity contribution in [3.63, 3.8) is 0 Å². The second-order valence-electron chi connectivity index (χ2n) is 9.77. The molecule has 1 fully saturated rings. The van der Waals surface area contributed by atoms with E-state index in [1.165, 1.54) is 0 Å². The number of likely N-dealkylation sites (tertiary alicyclic amines) is 1. The van der Waals surface area contributed by atoms with Crippen molar-refractivity contribution < 1.29 is 22.7 Å². The van der Waals surface area contributed by atoms with Gasteiger partial charge in [0.25, 0.3) is 0 Å². The van der Waals surface area contributed by atoms with Crippen LogP contribution >= 0.6 is 0 Å². The van der Waals surface area contributed by atoms with Gasteiger partial charge in [-0.1, -0.05) is 18.2 Å². The minimum Gasteiger partial charge on any atom is -0.497 e. The summed E-state index contributed by atoms with van der Waals surface area (Å²) in [4.78, 5) is 25.3. The first-order chi connectivity index (χ1) is 18.7. The first-order valence-corrected chi connectivity index (χ1v) is 14.4. The molecule has 0 radical (unpaired) electrons. The highest BCUT2D eigenvalue weighted by atomic mass is 32.2. The number of carbonyl (C=O) groups excluding carboxylic acids is 1. The molecule has 2 aromatic carbocycles. The summed E-state index contributed by atoms with van der Waals surface area (Å²) in [6.07, 6.45) is 1.32. The van der Waals surface area contributed by atoms with Crippen LogP contribution in [0.5, 0.6) is 5.75 Å². The zero-order valence-electron chi connectivity index (χ0n) is 22.8. The maximum Gasteiger partial charge on any atom is 0.237 e. The number of ether oxygens (including phenoxy) is 2. The van der Waals surface area contributed by atoms with Crippen molar-refractivity contribution in [2.24, 2.45) is 0 Å². The number of hydrogen-bond donors (Lipinski definition) is 2. The van der Waals surface area contributed by atoms with Gasteiger partial charge in [0.05, 0.1) is 36.5 Å². The molecule has 0 atom stereocenters. The molecule has 4 rings (SSSR count). The van der Waals surface area contributed by atoms with Gasteiger partial charge in [0.1, 0.15) is 5.75 Å². The van der Waals surface area contributed by atoms with E-state index < -0.39 is 15.3 Å². The molecule has 0 aliphatic carbocycles. The molecule has 0 unspecified atom stereocenters. The third-order valence-corrected chi connectivity index (χ3v) is 8.47. The highest BCUT2D eigenvalue weighted by Gasteiger charge is 2.32. The zero-order chi connectivity index (χ0) is 28.0. The van der Waals surface area contributed by atoms with Crippen LogP contribution in [0.1, 0.15) is 18.4 Å². The smallest absolute Gasteiger partial charge is 0.237 e. The van der Waals surface area contributed by atoms with Gasteiger partial charge in [0.15, 0.2) is 11.6 Å². The van der Waals surface area contributed by atoms with Gasteiger partial charge in [-0.3, -0.25) is 9.52 Å². The van der Waals surface area contributed by atoms with Gasteiger partial charge in [-0.2, -0.15) is 0 Å². The Kier molecular flexibility index (Phi) is 9.20. The van der Waals surface area contributed by atoms with Crippen molar-refractivity contribution in [1.82, 2.24) is 19.8 Å². The van der Waals surface area contributed by atoms with Crippen LogP contribution < -0.4 is 14.8 Å². The van der Waals surface area contributed by atoms with Gasteiger partial charge in [-0.15, -0.1) is 0 Å². The molecule has 1 saturated heterocycles. The molecule has 0 bridgehead atoms. The van der Waals surface area contributed by atoms with E-state index in [4.69, 9.17) is 14.5 Å². The Morgan fingerprint density at radius 1 is 1.05 bits per heavy atom. The number of sulfonamides is 1. The highest BCUT2D eigenvalue weighted by Crippen LogP contribution is 2.31. The Bertz CT molecular complexity index is 1410. The number of nitrogens with one attached hydrogen (secondary N) is 2. The van der Waals surface area contributed by atoms with Gasteiger partial charge in [-0.05, 0) is 57.1 Å². The Morgan fingerprint density at radius 3 is 2.33 bits per heavy atom. The van der Waals surface area contributed by atoms with Crippen LogP contribution in [0.4, 0.5) is 17.3 Å². The second-order valence-corrected chi connectivity index (χ2v) is 11.7. The van der Waals surface area contributed by atoms with Crippen molar-refractivity contribution in [2.75, 3.05) is 64.6 Å². The maximum atomic E-state index is 13.5. The molecule has 0 spiro atoms. The number of nitrogens with zero attached hydrogens (tertiary/aromatic N) is 4. The molecule has 2 N–H and O–H groups in total. The van der Waals surface area contributed by atoms with Crippen LogP contribution in [0.25, 0.3) is 11.0 Å². The van der Waals surface area contributed by atoms with E-state index in [1.54, 1.807) is 25.2 Å². The third kappa shape index (κ3) is 7.14. The van der Waals surface area contributed by atoms with E-state index in [2.05, 4.69) is 15.0 Å². The summed E-state index contributed by atoms with van der Waals surface area (Å²) in [7, 11) is 3.08. The molecule has 12 heteroatoms. The van der Waals surface area contributed by atoms with Gasteiger partial charge in [0, 0.05) is 32.0 Å². The second kappa shape index (κ2) is 12.6. The number of piperidine rings is 1. The lowest BCUT2D eigenvalue weighted by Crippen LogP contribution is -2.46. The molecule has 11 nitrogen and oxygen atoms in total. The van der Waals surface area contributed by atoms with Crippen LogP contribution in [0.3, 0.4) is 0 Å². The van der Waals surface area contributed by atoms with Gasteiger partial charge >= 0.3 is 0 Å². The number of para-hydroxylation sites is 2. The standard InChI is InChI=1S/C27H36N6O5S/c1-32(2)18-25(34)33-14-11-21(12-15-33)39(35,36)31-27-26(28-22-7-5-6-8-23(22)29-27)30-24-17-20(38-4)10-9-19(24)13-16-37-3/h5-10,17,21H,11-16,18H2,1-4H3,(H,28,30)(H,29,31). The number of aromatic nitrogens is 2. The van der Waals surface area contributed by atoms with Crippen molar-refractivity contribution in [3.05, 3.63) is 48.0 Å². The van der Waals surface area contributed by atoms with E-state index in [0.717, 1.165) is 5.56 Å². The average Bonchev–Trinajstić information content (AvgIpc) is 2.92. The lowest BCUT2D eigenvalue weighted by molar-refractivity contribution is -0.132. The summed E-state index contributed by atoms with van der Waals surface area (Å²) in [6, 6.07) is 12.9. The molecule has 0 saturated carbocycles. The van der Waals surface area contributed by atoms with Crippen molar-refractivity contribution in [2.45, 2.75) is 24.5 Å². The number of carbonyl (C=O) groups is 1. The maximum absolute atomic E-state index is 13.5. The first-order valence-electron chi connectivity index (χ1n) is 12.8. The number of methoxy groups -OCH3 is 2. The van der Waals surface area contributed by atoms with E-state index in [9.17, 15) is 13.2 Å². The Labute approximate surface area is 229 Å². The van der Waals surface area contributed by atoms with Crippen LogP contribution in [-0.2, 0) is 26.0 Å². The Balaban J connectivity index is 1.61. The molecular formula is C27H36N6O5S. The fourth-order valence-electron chi connectivity index (χ4n) is 4.52. The molecule has 1 aliphatic rings. The van der Waals surface area contributed by atoms with Crippen molar-refractivity contribution in [1.29, 1.82) is 0 Å². The third-order valence-electron chi connectivity index (χ3n) is 6.64. The van der Waals surface area contributed by atoms with Crippen LogP contribution in [0, 0.1) is 0 Å². The number of benzene rings is 2. The topological polar surface area (TPSA) is 126 Å². The summed E-state index contributed by atoms with van der Waals surface area (Å²) >= 11 is 0. The number of rotatable bonds is 11. The number of anilines is 3. The summed E-state index contributed by atoms with van der Waals surface area (Å²) in [5, 5.41) is 2.63.